The molecule has 34 heavy (non-hydrogen) atoms. The average Bonchev–Trinajstić information content (AvgIpc) is 3.17. The molecule has 3 aliphatic rings. The van der Waals surface area contributed by atoms with Gasteiger partial charge in [-0.05, 0) is 42.0 Å². The highest BCUT2D eigenvalue weighted by atomic mass is 35.5. The first-order valence-corrected chi connectivity index (χ1v) is 11.3. The van der Waals surface area contributed by atoms with E-state index in [1.54, 1.807) is 0 Å². The molecule has 1 unspecified atom stereocenters. The molecular formula is C25H25ClN4O4. The van der Waals surface area contributed by atoms with Gasteiger partial charge in [0.1, 0.15) is 19.0 Å². The third-order valence-corrected chi connectivity index (χ3v) is 6.11. The maximum Gasteiger partial charge on any atom is 0.161 e. The number of halogens is 1. The third-order valence-electron chi connectivity index (χ3n) is 5.70. The fraction of sp³-hybridized carbons (Fsp3) is 0.240. The molecule has 176 valence electrons. The largest absolute Gasteiger partial charge is 0.486 e. The number of fused-ring (bicyclic) bond motifs is 2. The summed E-state index contributed by atoms with van der Waals surface area (Å²) in [5.41, 5.74) is 4.48. The Balaban J connectivity index is 1.45. The molecule has 2 aromatic rings. The van der Waals surface area contributed by atoms with E-state index in [1.807, 2.05) is 66.3 Å². The van der Waals surface area contributed by atoms with Crippen molar-refractivity contribution >= 4 is 23.1 Å². The van der Waals surface area contributed by atoms with Crippen LogP contribution < -0.4 is 20.1 Å². The number of H-pyrrole nitrogens is 1. The second-order valence-electron chi connectivity index (χ2n) is 8.07. The Labute approximate surface area is 201 Å². The van der Waals surface area contributed by atoms with E-state index in [1.165, 1.54) is 0 Å². The minimum atomic E-state index is -0.864. The van der Waals surface area contributed by atoms with Crippen LogP contribution in [-0.4, -0.2) is 52.5 Å². The molecule has 0 aromatic heterocycles. The van der Waals surface area contributed by atoms with Gasteiger partial charge in [-0.1, -0.05) is 29.8 Å². The van der Waals surface area contributed by atoms with Gasteiger partial charge in [-0.15, -0.1) is 0 Å². The summed E-state index contributed by atoms with van der Waals surface area (Å²) in [5.74, 6) is 2.25. The van der Waals surface area contributed by atoms with Gasteiger partial charge in [0.15, 0.2) is 11.5 Å². The van der Waals surface area contributed by atoms with Gasteiger partial charge in [0, 0.05) is 18.2 Å². The molecule has 1 atom stereocenters. The van der Waals surface area contributed by atoms with Crippen LogP contribution in [0.5, 0.6) is 11.5 Å². The maximum atomic E-state index is 9.55. The summed E-state index contributed by atoms with van der Waals surface area (Å²) in [5, 5.41) is 26.6. The standard InChI is InChI=1S/C25H25ClN4O4/c1-30-21-12-16(27-13-17(32)14-31)6-7-19(21)25(29-30)28-20-4-2-3-18(24(20)26)15-5-8-22-23(11-15)34-10-9-33-22/h2-8,11-12,17,28-29,31-32H,9-10,13-14H2,1H3. The lowest BCUT2D eigenvalue weighted by Crippen LogP contribution is -2.18. The van der Waals surface area contributed by atoms with Crippen LogP contribution in [0.1, 0.15) is 0 Å². The first kappa shape index (κ1) is 22.3. The van der Waals surface area contributed by atoms with Crippen LogP contribution in [0.15, 0.2) is 59.6 Å². The minimum Gasteiger partial charge on any atom is -0.486 e. The van der Waals surface area contributed by atoms with Gasteiger partial charge in [-0.25, -0.2) is 0 Å². The molecule has 8 nitrogen and oxygen atoms in total. The molecule has 0 saturated carbocycles. The average molecular weight is 481 g/mol. The SMILES string of the molecule is Cn1[nH]c(Nc2cccc(-c3ccc4c(c3)OCCO4)c2Cl)c2ccc(=NCC(O)CO)cc1-2. The van der Waals surface area contributed by atoms with Crippen molar-refractivity contribution in [3.63, 3.8) is 0 Å². The summed E-state index contributed by atoms with van der Waals surface area (Å²) < 4.78 is 13.2. The summed E-state index contributed by atoms with van der Waals surface area (Å²) in [6, 6.07) is 17.4. The zero-order chi connectivity index (χ0) is 23.7. The molecule has 2 heterocycles. The number of aliphatic hydroxyl groups is 2. The van der Waals surface area contributed by atoms with Crippen molar-refractivity contribution in [3.05, 3.63) is 65.0 Å². The van der Waals surface area contributed by atoms with Crippen molar-refractivity contribution < 1.29 is 19.7 Å². The minimum absolute atomic E-state index is 0.142. The number of hydrogen-bond donors (Lipinski definition) is 4. The second-order valence-corrected chi connectivity index (χ2v) is 8.45. The number of nitrogens with zero attached hydrogens (tertiary/aromatic N) is 2. The quantitative estimate of drug-likeness (QED) is 0.338. The monoisotopic (exact) mass is 480 g/mol. The summed E-state index contributed by atoms with van der Waals surface area (Å²) >= 11 is 6.83. The number of nitrogens with one attached hydrogen (secondary N) is 2. The van der Waals surface area contributed by atoms with Crippen LogP contribution in [0.2, 0.25) is 5.02 Å². The van der Waals surface area contributed by atoms with E-state index in [0.717, 1.165) is 45.0 Å². The molecule has 0 radical (unpaired) electrons. The van der Waals surface area contributed by atoms with Crippen LogP contribution in [0, 0.1) is 0 Å². The van der Waals surface area contributed by atoms with Crippen LogP contribution in [-0.2, 0) is 7.05 Å². The van der Waals surface area contributed by atoms with Gasteiger partial charge in [0.25, 0.3) is 0 Å². The van der Waals surface area contributed by atoms with Gasteiger partial charge in [-0.3, -0.25) is 14.8 Å². The van der Waals surface area contributed by atoms with Gasteiger partial charge in [0.05, 0.1) is 41.0 Å². The number of aliphatic hydroxyl groups excluding tert-OH is 2. The Morgan fingerprint density at radius 1 is 1.09 bits per heavy atom. The Morgan fingerprint density at radius 2 is 1.91 bits per heavy atom. The fourth-order valence-corrected chi connectivity index (χ4v) is 4.24. The molecule has 0 amide bonds. The van der Waals surface area contributed by atoms with E-state index in [2.05, 4.69) is 15.4 Å². The van der Waals surface area contributed by atoms with Gasteiger partial charge in [-0.2, -0.15) is 0 Å². The molecule has 0 bridgehead atoms. The summed E-state index contributed by atoms with van der Waals surface area (Å²) in [7, 11) is 1.91. The van der Waals surface area contributed by atoms with Crippen molar-refractivity contribution in [1.82, 2.24) is 9.78 Å². The summed E-state index contributed by atoms with van der Waals surface area (Å²) in [6.45, 7) is 0.904. The fourth-order valence-electron chi connectivity index (χ4n) is 3.96. The number of benzene rings is 3. The molecule has 0 fully saturated rings. The number of anilines is 2. The van der Waals surface area contributed by atoms with Crippen molar-refractivity contribution in [2.45, 2.75) is 6.10 Å². The lowest BCUT2D eigenvalue weighted by molar-refractivity contribution is 0.102. The first-order valence-electron chi connectivity index (χ1n) is 11.0. The zero-order valence-corrected chi connectivity index (χ0v) is 19.3. The summed E-state index contributed by atoms with van der Waals surface area (Å²) in [6.07, 6.45) is -0.864. The molecule has 5 rings (SSSR count). The number of hydrogen-bond acceptors (Lipinski definition) is 6. The molecular weight excluding hydrogens is 456 g/mol. The highest BCUT2D eigenvalue weighted by Crippen LogP contribution is 2.40. The van der Waals surface area contributed by atoms with Crippen molar-refractivity contribution in [2.75, 3.05) is 31.7 Å². The first-order chi connectivity index (χ1) is 16.5. The van der Waals surface area contributed by atoms with Crippen LogP contribution in [0.3, 0.4) is 0 Å². The molecule has 4 N–H and O–H groups in total. The van der Waals surface area contributed by atoms with E-state index >= 15 is 0 Å². The van der Waals surface area contributed by atoms with E-state index in [0.29, 0.717) is 24.0 Å². The molecule has 2 aromatic carbocycles. The Morgan fingerprint density at radius 3 is 2.74 bits per heavy atom. The normalized spacial score (nSPS) is 14.4. The maximum absolute atomic E-state index is 9.55. The number of aryl methyl sites for hydroxylation is 1. The van der Waals surface area contributed by atoms with E-state index in [-0.39, 0.29) is 13.2 Å². The van der Waals surface area contributed by atoms with E-state index in [4.69, 9.17) is 26.2 Å². The molecule has 2 aliphatic heterocycles. The topological polar surface area (TPSA) is 104 Å². The molecule has 1 aliphatic carbocycles. The number of aromatic amines is 1. The van der Waals surface area contributed by atoms with Crippen molar-refractivity contribution in [2.24, 2.45) is 12.0 Å². The lowest BCUT2D eigenvalue weighted by atomic mass is 10.0. The molecule has 0 spiro atoms. The smallest absolute Gasteiger partial charge is 0.161 e. The van der Waals surface area contributed by atoms with Gasteiger partial charge in [0.2, 0.25) is 0 Å². The lowest BCUT2D eigenvalue weighted by Gasteiger charge is -2.19. The predicted octanol–water partition coefficient (Wildman–Crippen LogP) is 3.55. The van der Waals surface area contributed by atoms with Gasteiger partial charge < -0.3 is 25.0 Å². The van der Waals surface area contributed by atoms with Gasteiger partial charge >= 0.3 is 0 Å². The van der Waals surface area contributed by atoms with Crippen molar-refractivity contribution in [1.29, 1.82) is 0 Å². The summed E-state index contributed by atoms with van der Waals surface area (Å²) in [4.78, 5) is 4.35. The van der Waals surface area contributed by atoms with Crippen molar-refractivity contribution in [3.8, 4) is 33.9 Å². The molecule has 9 heteroatoms. The van der Waals surface area contributed by atoms with Crippen LogP contribution in [0.25, 0.3) is 22.4 Å². The van der Waals surface area contributed by atoms with E-state index in [9.17, 15) is 5.11 Å². The molecule has 0 saturated heterocycles. The zero-order valence-electron chi connectivity index (χ0n) is 18.6. The number of aromatic nitrogens is 2. The number of rotatable bonds is 6. The second kappa shape index (κ2) is 9.42. The van der Waals surface area contributed by atoms with Crippen LogP contribution in [0.4, 0.5) is 11.5 Å². The third kappa shape index (κ3) is 4.35. The Hall–Kier alpha value is -3.46. The Kier molecular flexibility index (Phi) is 6.19. The number of ether oxygens (including phenoxy) is 2. The van der Waals surface area contributed by atoms with E-state index < -0.39 is 6.10 Å². The van der Waals surface area contributed by atoms with Crippen LogP contribution >= 0.6 is 11.6 Å². The Bertz CT molecular complexity index is 1360. The predicted molar refractivity (Wildman–Crippen MR) is 131 cm³/mol. The highest BCUT2D eigenvalue weighted by Gasteiger charge is 2.17. The highest BCUT2D eigenvalue weighted by molar-refractivity contribution is 6.36.